The van der Waals surface area contributed by atoms with Gasteiger partial charge >= 0.3 is 6.61 Å². The zero-order valence-corrected chi connectivity index (χ0v) is 23.7. The lowest BCUT2D eigenvalue weighted by molar-refractivity contribution is -0.125. The summed E-state index contributed by atoms with van der Waals surface area (Å²) in [6, 6.07) is 10.8. The van der Waals surface area contributed by atoms with E-state index in [1.807, 2.05) is 13.0 Å². The Hall–Kier alpha value is -4.50. The van der Waals surface area contributed by atoms with E-state index in [1.165, 1.54) is 36.0 Å². The summed E-state index contributed by atoms with van der Waals surface area (Å²) in [4.78, 5) is 43.8. The summed E-state index contributed by atoms with van der Waals surface area (Å²) in [5.74, 6) is -1.05. The summed E-state index contributed by atoms with van der Waals surface area (Å²) >= 11 is 6.06. The molecule has 3 amide bonds. The molecule has 0 fully saturated rings. The molecular weight excluding hydrogens is 570 g/mol. The Kier molecular flexibility index (Phi) is 7.88. The molecule has 3 heterocycles. The number of alkyl halides is 2. The molecule has 2 aromatic carbocycles. The number of fused-ring (bicyclic) bond motifs is 3. The maximum atomic E-state index is 14.0. The van der Waals surface area contributed by atoms with Crippen molar-refractivity contribution < 1.29 is 27.9 Å². The Balaban J connectivity index is 1.50. The Bertz CT molecular complexity index is 1600. The standard InChI is InChI=1S/C29H27ClF2N6O4/c1-15-10-23-21(13-36(15)27(40)18-6-9-22(30)19(11-18)12-33)25-28(41)37(14-24(26(39)34-3)38(25)35-23)16(2)17-4-7-20(8-5-17)42-29(31)32/h4-9,11,15-16,24,29H,10,13-14H2,1-3H3,(H,34,39)/t15-,16-,24-/m1/s1. The summed E-state index contributed by atoms with van der Waals surface area (Å²) in [6.07, 6.45) is 0.356. The number of carbonyl (C=O) groups is 3. The lowest BCUT2D eigenvalue weighted by Gasteiger charge is -2.38. The van der Waals surface area contributed by atoms with E-state index < -0.39 is 18.7 Å². The van der Waals surface area contributed by atoms with Crippen LogP contribution >= 0.6 is 11.6 Å². The molecule has 13 heteroatoms. The van der Waals surface area contributed by atoms with E-state index in [0.29, 0.717) is 23.2 Å². The Morgan fingerprint density at radius 2 is 1.93 bits per heavy atom. The first-order valence-electron chi connectivity index (χ1n) is 13.2. The van der Waals surface area contributed by atoms with E-state index in [2.05, 4.69) is 15.2 Å². The largest absolute Gasteiger partial charge is 0.435 e. The molecule has 1 N–H and O–H groups in total. The van der Waals surface area contributed by atoms with Crippen LogP contribution in [-0.4, -0.2) is 63.5 Å². The van der Waals surface area contributed by atoms with Crippen molar-refractivity contribution in [2.24, 2.45) is 0 Å². The zero-order chi connectivity index (χ0) is 30.3. The summed E-state index contributed by atoms with van der Waals surface area (Å²) in [6.45, 7) is 0.796. The van der Waals surface area contributed by atoms with Crippen LogP contribution in [0.25, 0.3) is 0 Å². The lowest BCUT2D eigenvalue weighted by atomic mass is 9.96. The fourth-order valence-corrected chi connectivity index (χ4v) is 5.64. The number of nitriles is 1. The van der Waals surface area contributed by atoms with Crippen molar-refractivity contribution in [3.05, 3.63) is 81.1 Å². The molecule has 0 saturated carbocycles. The predicted octanol–water partition coefficient (Wildman–Crippen LogP) is 4.10. The van der Waals surface area contributed by atoms with Crippen molar-refractivity contribution in [1.82, 2.24) is 24.9 Å². The van der Waals surface area contributed by atoms with Crippen LogP contribution in [0.5, 0.6) is 5.75 Å². The minimum absolute atomic E-state index is 0.0113. The van der Waals surface area contributed by atoms with Gasteiger partial charge < -0.3 is 19.9 Å². The molecule has 5 rings (SSSR count). The monoisotopic (exact) mass is 596 g/mol. The van der Waals surface area contributed by atoms with Crippen LogP contribution in [0.2, 0.25) is 5.02 Å². The third kappa shape index (κ3) is 5.16. The van der Waals surface area contributed by atoms with E-state index >= 15 is 0 Å². The number of nitrogens with one attached hydrogen (secondary N) is 1. The Labute approximate surface area is 245 Å². The van der Waals surface area contributed by atoms with Gasteiger partial charge in [-0.05, 0) is 49.7 Å². The topological polar surface area (TPSA) is 121 Å². The van der Waals surface area contributed by atoms with Gasteiger partial charge in [-0.25, -0.2) is 4.68 Å². The number of hydrogen-bond acceptors (Lipinski definition) is 6. The first-order valence-corrected chi connectivity index (χ1v) is 13.6. The average Bonchev–Trinajstić information content (AvgIpc) is 3.34. The first kappa shape index (κ1) is 29.0. The molecular formula is C29H27ClF2N6O4. The van der Waals surface area contributed by atoms with Gasteiger partial charge in [-0.15, -0.1) is 0 Å². The number of ether oxygens (including phenoxy) is 1. The Morgan fingerprint density at radius 3 is 2.57 bits per heavy atom. The molecule has 3 aromatic rings. The summed E-state index contributed by atoms with van der Waals surface area (Å²) in [5, 5.41) is 16.9. The maximum Gasteiger partial charge on any atom is 0.387 e. The van der Waals surface area contributed by atoms with Gasteiger partial charge in [0.15, 0.2) is 0 Å². The molecule has 218 valence electrons. The molecule has 10 nitrogen and oxygen atoms in total. The number of halogens is 3. The van der Waals surface area contributed by atoms with Gasteiger partial charge in [0.25, 0.3) is 11.8 Å². The zero-order valence-electron chi connectivity index (χ0n) is 23.0. The number of rotatable bonds is 6. The van der Waals surface area contributed by atoms with Gasteiger partial charge in [0.1, 0.15) is 23.6 Å². The van der Waals surface area contributed by atoms with Crippen LogP contribution in [0.15, 0.2) is 42.5 Å². The number of likely N-dealkylation sites (N-methyl/N-ethyl adjacent to an activating group) is 1. The molecule has 3 atom stereocenters. The molecule has 0 aliphatic carbocycles. The van der Waals surface area contributed by atoms with Crippen LogP contribution in [0.1, 0.15) is 69.2 Å². The molecule has 0 spiro atoms. The summed E-state index contributed by atoms with van der Waals surface area (Å²) in [5.41, 5.74) is 2.51. The predicted molar refractivity (Wildman–Crippen MR) is 147 cm³/mol. The van der Waals surface area contributed by atoms with Crippen LogP contribution < -0.4 is 10.1 Å². The molecule has 2 aliphatic heterocycles. The van der Waals surface area contributed by atoms with Crippen LogP contribution in [0, 0.1) is 11.3 Å². The quantitative estimate of drug-likeness (QED) is 0.457. The first-order chi connectivity index (χ1) is 20.0. The lowest BCUT2D eigenvalue weighted by Crippen LogP contribution is -2.49. The highest BCUT2D eigenvalue weighted by atomic mass is 35.5. The number of benzene rings is 2. The van der Waals surface area contributed by atoms with Crippen molar-refractivity contribution in [3.63, 3.8) is 0 Å². The van der Waals surface area contributed by atoms with Crippen molar-refractivity contribution in [2.75, 3.05) is 13.6 Å². The molecule has 2 aliphatic rings. The van der Waals surface area contributed by atoms with Gasteiger partial charge in [-0.2, -0.15) is 19.1 Å². The van der Waals surface area contributed by atoms with E-state index in [4.69, 9.17) is 11.6 Å². The highest BCUT2D eigenvalue weighted by Crippen LogP contribution is 2.36. The number of amides is 3. The second kappa shape index (κ2) is 11.4. The number of aromatic nitrogens is 2. The van der Waals surface area contributed by atoms with Crippen molar-refractivity contribution in [3.8, 4) is 11.8 Å². The Morgan fingerprint density at radius 1 is 1.21 bits per heavy atom. The maximum absolute atomic E-state index is 14.0. The van der Waals surface area contributed by atoms with Gasteiger partial charge in [-0.3, -0.25) is 14.4 Å². The van der Waals surface area contributed by atoms with Crippen LogP contribution in [0.4, 0.5) is 8.78 Å². The number of carbonyl (C=O) groups excluding carboxylic acids is 3. The van der Waals surface area contributed by atoms with E-state index in [9.17, 15) is 28.4 Å². The molecule has 1 aromatic heterocycles. The second-order valence-electron chi connectivity index (χ2n) is 10.2. The van der Waals surface area contributed by atoms with Crippen molar-refractivity contribution >= 4 is 29.3 Å². The number of hydrogen-bond donors (Lipinski definition) is 1. The van der Waals surface area contributed by atoms with Crippen LogP contribution in [0.3, 0.4) is 0 Å². The van der Waals surface area contributed by atoms with Gasteiger partial charge in [0.05, 0.1) is 35.4 Å². The molecule has 0 unspecified atom stereocenters. The third-order valence-electron chi connectivity index (χ3n) is 7.77. The van der Waals surface area contributed by atoms with Gasteiger partial charge in [0, 0.05) is 30.6 Å². The molecule has 0 radical (unpaired) electrons. The van der Waals surface area contributed by atoms with E-state index in [1.54, 1.807) is 34.9 Å². The van der Waals surface area contributed by atoms with Crippen molar-refractivity contribution in [2.45, 2.75) is 51.6 Å². The van der Waals surface area contributed by atoms with E-state index in [-0.39, 0.29) is 64.4 Å². The van der Waals surface area contributed by atoms with E-state index in [0.717, 1.165) is 0 Å². The summed E-state index contributed by atoms with van der Waals surface area (Å²) in [7, 11) is 1.50. The molecule has 0 saturated heterocycles. The minimum atomic E-state index is -2.96. The summed E-state index contributed by atoms with van der Waals surface area (Å²) < 4.78 is 31.1. The fourth-order valence-electron chi connectivity index (χ4n) is 5.48. The minimum Gasteiger partial charge on any atom is -0.435 e. The van der Waals surface area contributed by atoms with Crippen LogP contribution in [-0.2, 0) is 17.8 Å². The highest BCUT2D eigenvalue weighted by Gasteiger charge is 2.43. The smallest absolute Gasteiger partial charge is 0.387 e. The highest BCUT2D eigenvalue weighted by molar-refractivity contribution is 6.31. The van der Waals surface area contributed by atoms with Gasteiger partial charge in [0.2, 0.25) is 5.91 Å². The average molecular weight is 597 g/mol. The SMILES string of the molecule is CNC(=O)[C@H]1CN([C@H](C)c2ccc(OC(F)F)cc2)C(=O)c2c3c(nn21)C[C@@H](C)N(C(=O)c1ccc(Cl)c(C#N)c1)C3. The van der Waals surface area contributed by atoms with Gasteiger partial charge in [-0.1, -0.05) is 23.7 Å². The molecule has 42 heavy (non-hydrogen) atoms. The molecule has 0 bridgehead atoms. The van der Waals surface area contributed by atoms with Crippen molar-refractivity contribution in [1.29, 1.82) is 5.26 Å². The number of nitrogens with zero attached hydrogens (tertiary/aromatic N) is 5. The fraction of sp³-hybridized carbons (Fsp3) is 0.345. The normalized spacial score (nSPS) is 18.7. The second-order valence-corrected chi connectivity index (χ2v) is 10.6. The third-order valence-corrected chi connectivity index (χ3v) is 8.10.